The van der Waals surface area contributed by atoms with E-state index in [2.05, 4.69) is 4.98 Å². The van der Waals surface area contributed by atoms with E-state index in [0.717, 1.165) is 16.5 Å². The Kier molecular flexibility index (Phi) is 3.94. The van der Waals surface area contributed by atoms with Crippen molar-refractivity contribution in [3.63, 3.8) is 0 Å². The van der Waals surface area contributed by atoms with Crippen LogP contribution < -0.4 is 0 Å². The van der Waals surface area contributed by atoms with Gasteiger partial charge in [-0.3, -0.25) is 9.78 Å². The van der Waals surface area contributed by atoms with E-state index in [9.17, 15) is 4.79 Å². The van der Waals surface area contributed by atoms with Crippen molar-refractivity contribution in [1.29, 1.82) is 0 Å². The molecule has 1 aliphatic rings. The van der Waals surface area contributed by atoms with Crippen LogP contribution in [-0.2, 0) is 9.53 Å². The quantitative estimate of drug-likeness (QED) is 0.800. The zero-order valence-corrected chi connectivity index (χ0v) is 13.0. The van der Waals surface area contributed by atoms with E-state index in [1.807, 2.05) is 55.2 Å². The average Bonchev–Trinajstić information content (AvgIpc) is 2.51. The van der Waals surface area contributed by atoms with Crippen LogP contribution in [0.3, 0.4) is 0 Å². The summed E-state index contributed by atoms with van der Waals surface area (Å²) >= 11 is 0. The van der Waals surface area contributed by atoms with Crippen LogP contribution in [0, 0.1) is 0 Å². The van der Waals surface area contributed by atoms with Crippen LogP contribution in [0.25, 0.3) is 17.0 Å². The van der Waals surface area contributed by atoms with E-state index in [0.29, 0.717) is 19.7 Å². The molecule has 0 radical (unpaired) electrons. The Morgan fingerprint density at radius 1 is 1.32 bits per heavy atom. The first-order valence-electron chi connectivity index (χ1n) is 7.50. The number of carbonyl (C=O) groups excluding carboxylic acids is 1. The van der Waals surface area contributed by atoms with Crippen LogP contribution in [0.5, 0.6) is 0 Å². The minimum absolute atomic E-state index is 0.0252. The van der Waals surface area contributed by atoms with Gasteiger partial charge in [-0.25, -0.2) is 0 Å². The molecule has 1 aromatic heterocycles. The number of hydrogen-bond acceptors (Lipinski definition) is 3. The molecule has 0 saturated carbocycles. The maximum Gasteiger partial charge on any atom is 0.246 e. The summed E-state index contributed by atoms with van der Waals surface area (Å²) in [7, 11) is 0. The Bertz CT molecular complexity index is 717. The summed E-state index contributed by atoms with van der Waals surface area (Å²) in [5.41, 5.74) is 1.67. The molecule has 114 valence electrons. The smallest absolute Gasteiger partial charge is 0.246 e. The van der Waals surface area contributed by atoms with Crippen LogP contribution in [0.15, 0.2) is 42.6 Å². The maximum absolute atomic E-state index is 12.4. The Morgan fingerprint density at radius 3 is 2.95 bits per heavy atom. The zero-order chi connectivity index (χ0) is 15.6. The number of carbonyl (C=O) groups is 1. The number of ether oxygens (including phenoxy) is 1. The van der Waals surface area contributed by atoms with Crippen LogP contribution in [-0.4, -0.2) is 41.1 Å². The maximum atomic E-state index is 12.4. The van der Waals surface area contributed by atoms with E-state index in [4.69, 9.17) is 4.74 Å². The highest BCUT2D eigenvalue weighted by Gasteiger charge is 2.28. The Hall–Kier alpha value is -2.20. The van der Waals surface area contributed by atoms with Gasteiger partial charge in [-0.2, -0.15) is 0 Å². The lowest BCUT2D eigenvalue weighted by Crippen LogP contribution is -2.50. The fourth-order valence-electron chi connectivity index (χ4n) is 2.73. The molecule has 3 rings (SSSR count). The monoisotopic (exact) mass is 296 g/mol. The van der Waals surface area contributed by atoms with Crippen molar-refractivity contribution in [3.8, 4) is 0 Å². The highest BCUT2D eigenvalue weighted by Crippen LogP contribution is 2.19. The number of hydrogen-bond donors (Lipinski definition) is 0. The first kappa shape index (κ1) is 14.7. The van der Waals surface area contributed by atoms with E-state index in [-0.39, 0.29) is 11.5 Å². The molecule has 1 saturated heterocycles. The number of benzene rings is 1. The minimum atomic E-state index is -0.273. The van der Waals surface area contributed by atoms with Gasteiger partial charge in [0.1, 0.15) is 0 Å². The van der Waals surface area contributed by atoms with E-state index < -0.39 is 0 Å². The molecule has 0 spiro atoms. The fourth-order valence-corrected chi connectivity index (χ4v) is 2.73. The summed E-state index contributed by atoms with van der Waals surface area (Å²) in [5.74, 6) is 0.0252. The summed E-state index contributed by atoms with van der Waals surface area (Å²) in [4.78, 5) is 18.5. The van der Waals surface area contributed by atoms with Crippen LogP contribution in [0.1, 0.15) is 19.4 Å². The minimum Gasteiger partial charge on any atom is -0.372 e. The number of para-hydroxylation sites is 1. The lowest BCUT2D eigenvalue weighted by molar-refractivity contribution is -0.140. The third-order valence-electron chi connectivity index (χ3n) is 3.83. The lowest BCUT2D eigenvalue weighted by Gasteiger charge is -2.37. The van der Waals surface area contributed by atoms with Crippen molar-refractivity contribution in [3.05, 3.63) is 48.2 Å². The molecule has 1 amide bonds. The summed E-state index contributed by atoms with van der Waals surface area (Å²) in [6.07, 6.45) is 5.28. The third-order valence-corrected chi connectivity index (χ3v) is 3.83. The van der Waals surface area contributed by atoms with Crippen molar-refractivity contribution in [1.82, 2.24) is 9.88 Å². The molecular formula is C18H20N2O2. The van der Waals surface area contributed by atoms with Crippen molar-refractivity contribution in [2.75, 3.05) is 19.7 Å². The molecule has 4 heteroatoms. The van der Waals surface area contributed by atoms with Crippen LogP contribution in [0.4, 0.5) is 0 Å². The molecule has 1 fully saturated rings. The number of morpholine rings is 1. The number of aromatic nitrogens is 1. The molecule has 0 unspecified atom stereocenters. The molecule has 1 aliphatic heterocycles. The average molecular weight is 296 g/mol. The predicted molar refractivity (Wildman–Crippen MR) is 87.4 cm³/mol. The van der Waals surface area contributed by atoms with Gasteiger partial charge >= 0.3 is 0 Å². The summed E-state index contributed by atoms with van der Waals surface area (Å²) in [6.45, 7) is 5.86. The van der Waals surface area contributed by atoms with Crippen molar-refractivity contribution >= 4 is 22.9 Å². The Labute approximate surface area is 130 Å². The first-order chi connectivity index (χ1) is 10.6. The Balaban J connectivity index is 1.79. The highest BCUT2D eigenvalue weighted by molar-refractivity contribution is 5.95. The SMILES string of the molecule is CC1(C)CN(C(=O)C=Cc2ccnc3ccccc23)CCO1. The second-order valence-corrected chi connectivity index (χ2v) is 6.12. The van der Waals surface area contributed by atoms with Gasteiger partial charge in [0, 0.05) is 30.7 Å². The third kappa shape index (κ3) is 3.17. The molecular weight excluding hydrogens is 276 g/mol. The molecule has 0 N–H and O–H groups in total. The standard InChI is InChI=1S/C18H20N2O2/c1-18(2)13-20(11-12-22-18)17(21)8-7-14-9-10-19-16-6-4-3-5-15(14)16/h3-10H,11-13H2,1-2H3. The molecule has 0 atom stereocenters. The van der Waals surface area contributed by atoms with Crippen LogP contribution in [0.2, 0.25) is 0 Å². The number of rotatable bonds is 2. The molecule has 0 bridgehead atoms. The second-order valence-electron chi connectivity index (χ2n) is 6.12. The topological polar surface area (TPSA) is 42.4 Å². The number of pyridine rings is 1. The van der Waals surface area contributed by atoms with Gasteiger partial charge < -0.3 is 9.64 Å². The molecule has 2 aromatic rings. The predicted octanol–water partition coefficient (Wildman–Crippen LogP) is 2.89. The molecule has 22 heavy (non-hydrogen) atoms. The van der Waals surface area contributed by atoms with Gasteiger partial charge in [-0.15, -0.1) is 0 Å². The number of fused-ring (bicyclic) bond motifs is 1. The van der Waals surface area contributed by atoms with E-state index in [1.165, 1.54) is 0 Å². The van der Waals surface area contributed by atoms with Gasteiger partial charge in [-0.1, -0.05) is 18.2 Å². The molecule has 2 heterocycles. The van der Waals surface area contributed by atoms with Gasteiger partial charge in [0.25, 0.3) is 0 Å². The number of amides is 1. The largest absolute Gasteiger partial charge is 0.372 e. The summed E-state index contributed by atoms with van der Waals surface area (Å²) in [6, 6.07) is 9.86. The first-order valence-corrected chi connectivity index (χ1v) is 7.50. The molecule has 0 aliphatic carbocycles. The van der Waals surface area contributed by atoms with Gasteiger partial charge in [0.15, 0.2) is 0 Å². The van der Waals surface area contributed by atoms with Crippen molar-refractivity contribution in [2.45, 2.75) is 19.4 Å². The lowest BCUT2D eigenvalue weighted by atomic mass is 10.1. The van der Waals surface area contributed by atoms with Gasteiger partial charge in [-0.05, 0) is 37.6 Å². The summed E-state index contributed by atoms with van der Waals surface area (Å²) in [5, 5.41) is 1.05. The van der Waals surface area contributed by atoms with Crippen molar-refractivity contribution in [2.24, 2.45) is 0 Å². The van der Waals surface area contributed by atoms with Crippen molar-refractivity contribution < 1.29 is 9.53 Å². The van der Waals surface area contributed by atoms with Crippen LogP contribution >= 0.6 is 0 Å². The van der Waals surface area contributed by atoms with E-state index in [1.54, 1.807) is 12.3 Å². The molecule has 1 aromatic carbocycles. The van der Waals surface area contributed by atoms with Gasteiger partial charge in [0.2, 0.25) is 5.91 Å². The normalized spacial score (nSPS) is 18.0. The van der Waals surface area contributed by atoms with Gasteiger partial charge in [0.05, 0.1) is 17.7 Å². The highest BCUT2D eigenvalue weighted by atomic mass is 16.5. The number of nitrogens with zero attached hydrogens (tertiary/aromatic N) is 2. The second kappa shape index (κ2) is 5.89. The molecule has 4 nitrogen and oxygen atoms in total. The van der Waals surface area contributed by atoms with E-state index >= 15 is 0 Å². The zero-order valence-electron chi connectivity index (χ0n) is 13.0. The fraction of sp³-hybridized carbons (Fsp3) is 0.333. The summed E-state index contributed by atoms with van der Waals surface area (Å²) < 4.78 is 5.64. The Morgan fingerprint density at radius 2 is 2.14 bits per heavy atom.